The van der Waals surface area contributed by atoms with Crippen molar-refractivity contribution in [3.05, 3.63) is 35.1 Å². The van der Waals surface area contributed by atoms with Gasteiger partial charge in [0.2, 0.25) is 0 Å². The van der Waals surface area contributed by atoms with Crippen LogP contribution in [0.5, 0.6) is 0 Å². The van der Waals surface area contributed by atoms with Crippen LogP contribution in [0.3, 0.4) is 0 Å². The lowest BCUT2D eigenvalue weighted by molar-refractivity contribution is 0.262. The fourth-order valence-corrected chi connectivity index (χ4v) is 5.29. The van der Waals surface area contributed by atoms with E-state index in [2.05, 4.69) is 0 Å². The van der Waals surface area contributed by atoms with Crippen LogP contribution in [-0.2, 0) is 22.9 Å². The molecule has 112 valence electrons. The van der Waals surface area contributed by atoms with Gasteiger partial charge in [0.25, 0.3) is 0 Å². The number of nitrogens with zero attached hydrogens (tertiary/aromatic N) is 1. The maximum absolute atomic E-state index is 13.5. The Hall–Kier alpha value is -0.630. The Kier molecular flexibility index (Phi) is 5.06. The number of hydrogen-bond acceptors (Lipinski definition) is 5. The maximum atomic E-state index is 13.5. The Morgan fingerprint density at radius 1 is 1.40 bits per heavy atom. The maximum Gasteiger partial charge on any atom is 0.164 e. The lowest BCUT2D eigenvalue weighted by atomic mass is 10.1. The van der Waals surface area contributed by atoms with E-state index in [0.29, 0.717) is 18.8 Å². The lowest BCUT2D eigenvalue weighted by Crippen LogP contribution is -2.46. The average molecular weight is 318 g/mol. The topological polar surface area (TPSA) is 63.4 Å². The molecule has 0 saturated carbocycles. The largest absolute Gasteiger partial charge is 0.326 e. The molecule has 0 spiro atoms. The van der Waals surface area contributed by atoms with E-state index in [4.69, 9.17) is 5.73 Å². The van der Waals surface area contributed by atoms with Crippen molar-refractivity contribution in [2.45, 2.75) is 18.5 Å². The Morgan fingerprint density at radius 2 is 2.10 bits per heavy atom. The molecule has 0 aromatic heterocycles. The fourth-order valence-electron chi connectivity index (χ4n) is 2.35. The summed E-state index contributed by atoms with van der Waals surface area (Å²) in [4.78, 5) is 1.90. The molecule has 1 atom stereocenters. The quantitative estimate of drug-likeness (QED) is 0.904. The van der Waals surface area contributed by atoms with Crippen molar-refractivity contribution < 1.29 is 12.8 Å². The molecule has 20 heavy (non-hydrogen) atoms. The molecule has 1 fully saturated rings. The molecular weight excluding hydrogens is 299 g/mol. The summed E-state index contributed by atoms with van der Waals surface area (Å²) in [7, 11) is -3.13. The van der Waals surface area contributed by atoms with Gasteiger partial charge < -0.3 is 5.73 Å². The molecule has 1 unspecified atom stereocenters. The third kappa shape index (κ3) is 3.94. The van der Waals surface area contributed by atoms with Gasteiger partial charge in [0.1, 0.15) is 11.2 Å². The molecule has 0 radical (unpaired) electrons. The summed E-state index contributed by atoms with van der Waals surface area (Å²) in [6, 6.07) is 4.69. The SMILES string of the molecule is CS(=O)(=O)C1CSCCN1Cc1cc(F)cc(CN)c1. The van der Waals surface area contributed by atoms with Gasteiger partial charge in [-0.25, -0.2) is 12.8 Å². The van der Waals surface area contributed by atoms with Crippen molar-refractivity contribution >= 4 is 21.6 Å². The van der Waals surface area contributed by atoms with Gasteiger partial charge in [0, 0.05) is 37.4 Å². The molecule has 1 aromatic carbocycles. The Morgan fingerprint density at radius 3 is 2.75 bits per heavy atom. The average Bonchev–Trinajstić information content (AvgIpc) is 2.37. The second-order valence-corrected chi connectivity index (χ2v) is 8.35. The number of hydrogen-bond donors (Lipinski definition) is 1. The zero-order chi connectivity index (χ0) is 14.8. The number of halogens is 1. The normalized spacial score (nSPS) is 21.1. The molecule has 2 rings (SSSR count). The Bertz CT molecular complexity index is 578. The van der Waals surface area contributed by atoms with E-state index in [0.717, 1.165) is 16.9 Å². The lowest BCUT2D eigenvalue weighted by Gasteiger charge is -2.34. The van der Waals surface area contributed by atoms with Crippen LogP contribution in [0.2, 0.25) is 0 Å². The first-order valence-corrected chi connectivity index (χ1v) is 9.50. The van der Waals surface area contributed by atoms with Crippen LogP contribution >= 0.6 is 11.8 Å². The number of sulfone groups is 1. The molecule has 1 aliphatic heterocycles. The number of rotatable bonds is 4. The van der Waals surface area contributed by atoms with Crippen molar-refractivity contribution in [3.8, 4) is 0 Å². The highest BCUT2D eigenvalue weighted by Gasteiger charge is 2.30. The molecule has 2 N–H and O–H groups in total. The van der Waals surface area contributed by atoms with Crippen LogP contribution in [0.4, 0.5) is 4.39 Å². The van der Waals surface area contributed by atoms with Crippen LogP contribution < -0.4 is 5.73 Å². The minimum Gasteiger partial charge on any atom is -0.326 e. The van der Waals surface area contributed by atoms with Gasteiger partial charge in [0.05, 0.1) is 0 Å². The van der Waals surface area contributed by atoms with Gasteiger partial charge in [-0.2, -0.15) is 11.8 Å². The molecule has 1 saturated heterocycles. The number of thioether (sulfide) groups is 1. The molecule has 7 heteroatoms. The summed E-state index contributed by atoms with van der Waals surface area (Å²) in [5, 5.41) is -0.495. The Balaban J connectivity index is 2.21. The van der Waals surface area contributed by atoms with Gasteiger partial charge in [0.15, 0.2) is 9.84 Å². The molecule has 0 aliphatic carbocycles. The molecule has 0 bridgehead atoms. The van der Waals surface area contributed by atoms with Gasteiger partial charge >= 0.3 is 0 Å². The van der Waals surface area contributed by atoms with Gasteiger partial charge in [-0.05, 0) is 23.3 Å². The number of nitrogens with two attached hydrogens (primary N) is 1. The Labute approximate surface area is 123 Å². The molecule has 1 aliphatic rings. The highest BCUT2D eigenvalue weighted by Crippen LogP contribution is 2.23. The van der Waals surface area contributed by atoms with Crippen LogP contribution in [0.15, 0.2) is 18.2 Å². The minimum atomic E-state index is -3.13. The predicted octanol–water partition coefficient (Wildman–Crippen LogP) is 1.20. The first kappa shape index (κ1) is 15.8. The third-order valence-corrected chi connectivity index (χ3v) is 6.01. The molecule has 0 amide bonds. The molecule has 1 aromatic rings. The fraction of sp³-hybridized carbons (Fsp3) is 0.538. The van der Waals surface area contributed by atoms with Crippen LogP contribution in [0.25, 0.3) is 0 Å². The predicted molar refractivity (Wildman–Crippen MR) is 80.7 cm³/mol. The van der Waals surface area contributed by atoms with Crippen molar-refractivity contribution in [1.29, 1.82) is 0 Å². The highest BCUT2D eigenvalue weighted by molar-refractivity contribution is 8.00. The van der Waals surface area contributed by atoms with Crippen molar-refractivity contribution in [1.82, 2.24) is 4.90 Å². The molecule has 1 heterocycles. The van der Waals surface area contributed by atoms with E-state index in [9.17, 15) is 12.8 Å². The van der Waals surface area contributed by atoms with E-state index in [-0.39, 0.29) is 12.4 Å². The van der Waals surface area contributed by atoms with E-state index in [1.807, 2.05) is 11.0 Å². The zero-order valence-corrected chi connectivity index (χ0v) is 13.0. The highest BCUT2D eigenvalue weighted by atomic mass is 32.2. The first-order chi connectivity index (χ1) is 9.40. The summed E-state index contributed by atoms with van der Waals surface area (Å²) in [6.45, 7) is 1.40. The molecule has 4 nitrogen and oxygen atoms in total. The summed E-state index contributed by atoms with van der Waals surface area (Å²) < 4.78 is 37.2. The van der Waals surface area contributed by atoms with Crippen molar-refractivity contribution in [2.24, 2.45) is 5.73 Å². The standard InChI is InChI=1S/C13H19FN2O2S2/c1-20(17,18)13-9-19-3-2-16(13)8-11-4-10(7-15)5-12(14)6-11/h4-6,13H,2-3,7-9,15H2,1H3. The smallest absolute Gasteiger partial charge is 0.164 e. The van der Waals surface area contributed by atoms with E-state index >= 15 is 0 Å². The van der Waals surface area contributed by atoms with E-state index in [1.165, 1.54) is 18.4 Å². The van der Waals surface area contributed by atoms with Gasteiger partial charge in [-0.1, -0.05) is 6.07 Å². The van der Waals surface area contributed by atoms with Crippen LogP contribution in [0, 0.1) is 5.82 Å². The minimum absolute atomic E-state index is 0.274. The van der Waals surface area contributed by atoms with E-state index < -0.39 is 15.2 Å². The van der Waals surface area contributed by atoms with Crippen molar-refractivity contribution in [2.75, 3.05) is 24.3 Å². The number of benzene rings is 1. The first-order valence-electron chi connectivity index (χ1n) is 6.39. The third-order valence-electron chi connectivity index (χ3n) is 3.32. The second kappa shape index (κ2) is 6.43. The second-order valence-electron chi connectivity index (χ2n) is 5.00. The van der Waals surface area contributed by atoms with Gasteiger partial charge in [-0.3, -0.25) is 4.90 Å². The molecular formula is C13H19FN2O2S2. The summed E-state index contributed by atoms with van der Waals surface area (Å²) >= 11 is 1.64. The summed E-state index contributed by atoms with van der Waals surface area (Å²) in [5.41, 5.74) is 7.03. The van der Waals surface area contributed by atoms with Crippen LogP contribution in [0.1, 0.15) is 11.1 Å². The monoisotopic (exact) mass is 318 g/mol. The van der Waals surface area contributed by atoms with Crippen molar-refractivity contribution in [3.63, 3.8) is 0 Å². The van der Waals surface area contributed by atoms with Crippen LogP contribution in [-0.4, -0.2) is 43.0 Å². The summed E-state index contributed by atoms with van der Waals surface area (Å²) in [5.74, 6) is 1.13. The van der Waals surface area contributed by atoms with Gasteiger partial charge in [-0.15, -0.1) is 0 Å². The van der Waals surface area contributed by atoms with E-state index in [1.54, 1.807) is 11.8 Å². The zero-order valence-electron chi connectivity index (χ0n) is 11.4. The summed E-state index contributed by atoms with van der Waals surface area (Å²) in [6.07, 6.45) is 1.26.